The van der Waals surface area contributed by atoms with Crippen LogP contribution in [0.1, 0.15) is 41.5 Å². The van der Waals surface area contributed by atoms with Gasteiger partial charge in [-0.25, -0.2) is 0 Å². The molecule has 0 aliphatic carbocycles. The molecule has 1 unspecified atom stereocenters. The molecule has 0 fully saturated rings. The highest BCUT2D eigenvalue weighted by molar-refractivity contribution is 7.90. The SMILES string of the molecule is CN(C)C(=O)[C@H](N[S+]([O-])C(C)(C)C)C(C)(C)C. The predicted molar refractivity (Wildman–Crippen MR) is 73.0 cm³/mol. The third-order valence-corrected chi connectivity index (χ3v) is 3.90. The molecule has 0 saturated carbocycles. The van der Waals surface area contributed by atoms with Crippen LogP contribution in [0.2, 0.25) is 0 Å². The number of carbonyl (C=O) groups excluding carboxylic acids is 1. The van der Waals surface area contributed by atoms with Crippen LogP contribution < -0.4 is 4.72 Å². The van der Waals surface area contributed by atoms with Gasteiger partial charge in [-0.1, -0.05) is 20.8 Å². The Morgan fingerprint density at radius 1 is 1.18 bits per heavy atom. The van der Waals surface area contributed by atoms with Crippen LogP contribution in [0, 0.1) is 5.41 Å². The Kier molecular flexibility index (Phi) is 5.50. The van der Waals surface area contributed by atoms with Crippen molar-refractivity contribution >= 4 is 17.3 Å². The van der Waals surface area contributed by atoms with Crippen LogP contribution in [0.3, 0.4) is 0 Å². The molecule has 1 amide bonds. The van der Waals surface area contributed by atoms with E-state index in [9.17, 15) is 9.35 Å². The van der Waals surface area contributed by atoms with Crippen molar-refractivity contribution in [3.05, 3.63) is 0 Å². The number of nitrogens with one attached hydrogen (secondary N) is 1. The monoisotopic (exact) mass is 262 g/mol. The van der Waals surface area contributed by atoms with Gasteiger partial charge in [0.15, 0.2) is 0 Å². The minimum atomic E-state index is -1.25. The van der Waals surface area contributed by atoms with E-state index >= 15 is 0 Å². The van der Waals surface area contributed by atoms with E-state index in [0.29, 0.717) is 0 Å². The largest absolute Gasteiger partial charge is 0.598 e. The number of rotatable bonds is 3. The summed E-state index contributed by atoms with van der Waals surface area (Å²) >= 11 is -1.25. The number of hydrogen-bond acceptors (Lipinski definition) is 3. The Morgan fingerprint density at radius 2 is 1.59 bits per heavy atom. The first-order chi connectivity index (χ1) is 7.37. The van der Waals surface area contributed by atoms with Crippen molar-refractivity contribution in [3.63, 3.8) is 0 Å². The summed E-state index contributed by atoms with van der Waals surface area (Å²) in [6.45, 7) is 11.5. The van der Waals surface area contributed by atoms with Crippen molar-refractivity contribution in [3.8, 4) is 0 Å². The number of nitrogens with zero attached hydrogens (tertiary/aromatic N) is 1. The van der Waals surface area contributed by atoms with Gasteiger partial charge in [0.2, 0.25) is 5.91 Å². The van der Waals surface area contributed by atoms with Crippen molar-refractivity contribution in [1.82, 2.24) is 9.62 Å². The maximum atomic E-state index is 12.1. The highest BCUT2D eigenvalue weighted by Crippen LogP contribution is 2.24. The van der Waals surface area contributed by atoms with Crippen molar-refractivity contribution < 1.29 is 9.35 Å². The first-order valence-corrected chi connectivity index (χ1v) is 6.91. The number of likely N-dealkylation sites (N-methyl/N-ethyl adjacent to an activating group) is 1. The van der Waals surface area contributed by atoms with Crippen molar-refractivity contribution in [1.29, 1.82) is 0 Å². The zero-order chi connectivity index (χ0) is 14.0. The molecule has 4 nitrogen and oxygen atoms in total. The van der Waals surface area contributed by atoms with Gasteiger partial charge in [-0.2, -0.15) is 0 Å². The highest BCUT2D eigenvalue weighted by Gasteiger charge is 2.39. The molecule has 5 heteroatoms. The Hall–Kier alpha value is -0.260. The van der Waals surface area contributed by atoms with Gasteiger partial charge in [0, 0.05) is 25.5 Å². The van der Waals surface area contributed by atoms with E-state index in [2.05, 4.69) is 4.72 Å². The fraction of sp³-hybridized carbons (Fsp3) is 0.917. The molecular formula is C12H26N2O2S. The Bertz CT molecular complexity index is 267. The van der Waals surface area contributed by atoms with E-state index in [1.807, 2.05) is 41.5 Å². The lowest BCUT2D eigenvalue weighted by Crippen LogP contribution is -2.56. The summed E-state index contributed by atoms with van der Waals surface area (Å²) in [6.07, 6.45) is 0. The number of amides is 1. The van der Waals surface area contributed by atoms with E-state index in [0.717, 1.165) is 0 Å². The van der Waals surface area contributed by atoms with E-state index in [-0.39, 0.29) is 16.1 Å². The first-order valence-electron chi connectivity index (χ1n) is 5.76. The zero-order valence-corrected chi connectivity index (χ0v) is 13.1. The highest BCUT2D eigenvalue weighted by atomic mass is 32.2. The van der Waals surface area contributed by atoms with E-state index in [1.165, 1.54) is 4.90 Å². The minimum Gasteiger partial charge on any atom is -0.598 e. The van der Waals surface area contributed by atoms with Crippen LogP contribution in [0.15, 0.2) is 0 Å². The smallest absolute Gasteiger partial charge is 0.244 e. The summed E-state index contributed by atoms with van der Waals surface area (Å²) in [5.74, 6) is -0.0462. The summed E-state index contributed by atoms with van der Waals surface area (Å²) in [4.78, 5) is 13.6. The van der Waals surface area contributed by atoms with Gasteiger partial charge < -0.3 is 9.45 Å². The standard InChI is InChI=1S/C12H26N2O2S/c1-11(2,3)9(10(15)14(7)8)13-17(16)12(4,5)6/h9,13H,1-8H3/t9-,17?/m0/s1. The molecule has 0 aromatic heterocycles. The third kappa shape index (κ3) is 5.27. The second kappa shape index (κ2) is 5.59. The molecule has 0 aliphatic heterocycles. The summed E-state index contributed by atoms with van der Waals surface area (Å²) < 4.78 is 14.7. The lowest BCUT2D eigenvalue weighted by molar-refractivity contribution is -0.132. The zero-order valence-electron chi connectivity index (χ0n) is 12.2. The first kappa shape index (κ1) is 16.7. The number of carbonyl (C=O) groups is 1. The second-order valence-corrected chi connectivity index (χ2v) is 8.53. The molecule has 0 radical (unpaired) electrons. The van der Waals surface area contributed by atoms with Crippen molar-refractivity contribution in [2.45, 2.75) is 52.3 Å². The van der Waals surface area contributed by atoms with Gasteiger partial charge in [0.25, 0.3) is 0 Å². The average molecular weight is 262 g/mol. The van der Waals surface area contributed by atoms with E-state index in [1.54, 1.807) is 14.1 Å². The van der Waals surface area contributed by atoms with Gasteiger partial charge in [-0.15, -0.1) is 4.72 Å². The van der Waals surface area contributed by atoms with E-state index in [4.69, 9.17) is 0 Å². The maximum absolute atomic E-state index is 12.1. The molecule has 102 valence electrons. The molecule has 0 aromatic carbocycles. The summed E-state index contributed by atoms with van der Waals surface area (Å²) in [5, 5.41) is 0. The fourth-order valence-corrected chi connectivity index (χ4v) is 2.16. The molecule has 0 spiro atoms. The molecule has 1 N–H and O–H groups in total. The van der Waals surface area contributed by atoms with Crippen LogP contribution in [-0.2, 0) is 16.2 Å². The van der Waals surface area contributed by atoms with Crippen LogP contribution in [0.5, 0.6) is 0 Å². The average Bonchev–Trinajstić information content (AvgIpc) is 2.08. The van der Waals surface area contributed by atoms with Crippen molar-refractivity contribution in [2.24, 2.45) is 5.41 Å². The summed E-state index contributed by atoms with van der Waals surface area (Å²) in [6, 6.07) is -0.447. The summed E-state index contributed by atoms with van der Waals surface area (Å²) in [5.41, 5.74) is -0.276. The maximum Gasteiger partial charge on any atom is 0.244 e. The molecular weight excluding hydrogens is 236 g/mol. The van der Waals surface area contributed by atoms with Crippen LogP contribution in [-0.4, -0.2) is 40.2 Å². The minimum absolute atomic E-state index is 0.0462. The molecule has 0 bridgehead atoms. The topological polar surface area (TPSA) is 55.4 Å². The van der Waals surface area contributed by atoms with Gasteiger partial charge in [-0.05, 0) is 26.2 Å². The summed E-state index contributed by atoms with van der Waals surface area (Å²) in [7, 11) is 3.42. The van der Waals surface area contributed by atoms with Gasteiger partial charge in [0.1, 0.15) is 10.8 Å². The second-order valence-electron chi connectivity index (χ2n) is 6.53. The van der Waals surface area contributed by atoms with E-state index < -0.39 is 17.4 Å². The van der Waals surface area contributed by atoms with Crippen molar-refractivity contribution in [2.75, 3.05) is 14.1 Å². The van der Waals surface area contributed by atoms with Crippen LogP contribution in [0.4, 0.5) is 0 Å². The molecule has 0 heterocycles. The molecule has 2 atom stereocenters. The Balaban J connectivity index is 4.93. The Labute approximate surface area is 108 Å². The van der Waals surface area contributed by atoms with Gasteiger partial charge >= 0.3 is 0 Å². The predicted octanol–water partition coefficient (Wildman–Crippen LogP) is 1.54. The lowest BCUT2D eigenvalue weighted by atomic mass is 9.87. The lowest BCUT2D eigenvalue weighted by Gasteiger charge is -2.34. The third-order valence-electron chi connectivity index (χ3n) is 2.33. The van der Waals surface area contributed by atoms with Gasteiger partial charge in [0.05, 0.1) is 0 Å². The Morgan fingerprint density at radius 3 is 1.82 bits per heavy atom. The molecule has 17 heavy (non-hydrogen) atoms. The van der Waals surface area contributed by atoms with Crippen LogP contribution >= 0.6 is 0 Å². The molecule has 0 aliphatic rings. The molecule has 0 aromatic rings. The van der Waals surface area contributed by atoms with Gasteiger partial charge in [-0.3, -0.25) is 4.79 Å². The molecule has 0 rings (SSSR count). The fourth-order valence-electron chi connectivity index (χ4n) is 1.14. The van der Waals surface area contributed by atoms with Crippen LogP contribution in [0.25, 0.3) is 0 Å². The number of hydrogen-bond donors (Lipinski definition) is 1. The molecule has 0 saturated heterocycles. The normalized spacial score (nSPS) is 16.5. The quantitative estimate of drug-likeness (QED) is 0.785.